The molecule has 2 aromatic carbocycles. The zero-order valence-electron chi connectivity index (χ0n) is 25.2. The van der Waals surface area contributed by atoms with E-state index in [9.17, 15) is 23.9 Å². The van der Waals surface area contributed by atoms with E-state index in [-0.39, 0.29) is 22.7 Å². The van der Waals surface area contributed by atoms with E-state index in [1.54, 1.807) is 18.0 Å². The molecular formula is C32H32ClFN6O5S. The number of rotatable bonds is 9. The third kappa shape index (κ3) is 6.35. The van der Waals surface area contributed by atoms with Gasteiger partial charge in [0.05, 0.1) is 24.6 Å². The average Bonchev–Trinajstić information content (AvgIpc) is 3.69. The molecule has 3 aliphatic heterocycles. The summed E-state index contributed by atoms with van der Waals surface area (Å²) in [6.45, 7) is 4.10. The van der Waals surface area contributed by atoms with Gasteiger partial charge in [-0.25, -0.2) is 19.0 Å². The van der Waals surface area contributed by atoms with Gasteiger partial charge >= 0.3 is 18.0 Å². The van der Waals surface area contributed by atoms with Crippen LogP contribution in [0.25, 0.3) is 0 Å². The van der Waals surface area contributed by atoms with Crippen molar-refractivity contribution in [2.45, 2.75) is 25.4 Å². The van der Waals surface area contributed by atoms with Crippen LogP contribution in [-0.4, -0.2) is 89.6 Å². The number of aromatic nitrogens is 1. The van der Waals surface area contributed by atoms with Crippen LogP contribution in [0.1, 0.15) is 29.1 Å². The molecule has 0 unspecified atom stereocenters. The number of aliphatic imine (C=N–C) groups is 1. The normalized spacial score (nSPS) is 20.7. The van der Waals surface area contributed by atoms with Gasteiger partial charge in [-0.05, 0) is 36.2 Å². The van der Waals surface area contributed by atoms with Gasteiger partial charge in [-0.3, -0.25) is 19.6 Å². The molecule has 0 spiro atoms. The molecule has 2 N–H and O–H groups in total. The first-order chi connectivity index (χ1) is 22.1. The molecule has 11 nitrogen and oxygen atoms in total. The van der Waals surface area contributed by atoms with E-state index >= 15 is 0 Å². The Bertz CT molecular complexity index is 1720. The van der Waals surface area contributed by atoms with E-state index in [2.05, 4.69) is 15.2 Å². The molecule has 46 heavy (non-hydrogen) atoms. The van der Waals surface area contributed by atoms with Crippen molar-refractivity contribution in [1.29, 1.82) is 0 Å². The highest BCUT2D eigenvalue weighted by Gasteiger charge is 2.42. The Balaban J connectivity index is 1.24. The van der Waals surface area contributed by atoms with Gasteiger partial charge < -0.3 is 20.1 Å². The van der Waals surface area contributed by atoms with E-state index in [0.29, 0.717) is 61.2 Å². The van der Waals surface area contributed by atoms with E-state index in [0.717, 1.165) is 11.3 Å². The zero-order chi connectivity index (χ0) is 32.5. The van der Waals surface area contributed by atoms with Gasteiger partial charge in [0.1, 0.15) is 11.9 Å². The number of urea groups is 1. The van der Waals surface area contributed by atoms with Crippen LogP contribution >= 0.6 is 22.9 Å². The topological polar surface area (TPSA) is 128 Å². The quantitative estimate of drug-likeness (QED) is 0.323. The molecule has 3 atom stereocenters. The number of fused-ring (bicyclic) bond motifs is 1. The smallest absolute Gasteiger partial charge is 0.338 e. The van der Waals surface area contributed by atoms with Gasteiger partial charge in [0.2, 0.25) is 0 Å². The van der Waals surface area contributed by atoms with Crippen LogP contribution in [0.4, 0.5) is 14.9 Å². The fourth-order valence-electron chi connectivity index (χ4n) is 6.08. The predicted molar refractivity (Wildman–Crippen MR) is 172 cm³/mol. The Morgan fingerprint density at radius 2 is 1.98 bits per heavy atom. The first kappa shape index (κ1) is 31.6. The highest BCUT2D eigenvalue weighted by atomic mass is 35.5. The van der Waals surface area contributed by atoms with Crippen molar-refractivity contribution >= 4 is 52.4 Å². The zero-order valence-corrected chi connectivity index (χ0v) is 26.7. The number of amidine groups is 1. The van der Waals surface area contributed by atoms with Gasteiger partial charge in [0, 0.05) is 66.3 Å². The van der Waals surface area contributed by atoms with E-state index in [1.807, 2.05) is 34.5 Å². The Hall–Kier alpha value is -4.33. The lowest BCUT2D eigenvalue weighted by Crippen LogP contribution is -2.53. The molecule has 240 valence electrons. The summed E-state index contributed by atoms with van der Waals surface area (Å²) in [5, 5.41) is 15.1. The third-order valence-electron chi connectivity index (χ3n) is 8.45. The highest BCUT2D eigenvalue weighted by Crippen LogP contribution is 2.37. The molecule has 2 saturated heterocycles. The summed E-state index contributed by atoms with van der Waals surface area (Å²) in [5.41, 5.74) is 2.94. The second-order valence-corrected chi connectivity index (χ2v) is 12.8. The van der Waals surface area contributed by atoms with Gasteiger partial charge in [-0.2, -0.15) is 0 Å². The number of carbonyl (C=O) groups excluding carboxylic acids is 2. The van der Waals surface area contributed by atoms with Crippen molar-refractivity contribution in [3.05, 3.63) is 92.3 Å². The van der Waals surface area contributed by atoms with Gasteiger partial charge in [-0.1, -0.05) is 36.7 Å². The second-order valence-electron chi connectivity index (χ2n) is 11.5. The Morgan fingerprint density at radius 1 is 1.20 bits per heavy atom. The molecule has 3 aromatic rings. The number of hydrogen-bond donors (Lipinski definition) is 2. The monoisotopic (exact) mass is 666 g/mol. The number of piperazine rings is 1. The van der Waals surface area contributed by atoms with Crippen molar-refractivity contribution in [1.82, 2.24) is 20.1 Å². The number of nitrogens with zero attached hydrogens (tertiary/aromatic N) is 5. The number of halogens is 2. The van der Waals surface area contributed by atoms with Crippen molar-refractivity contribution in [2.24, 2.45) is 10.9 Å². The number of carboxylic acids is 1. The maximum atomic E-state index is 14.0. The fourth-order valence-corrected chi connectivity index (χ4v) is 6.93. The van der Waals surface area contributed by atoms with Crippen molar-refractivity contribution in [3.63, 3.8) is 0 Å². The lowest BCUT2D eigenvalue weighted by molar-refractivity contribution is -0.141. The number of ether oxygens (including phenoxy) is 1. The van der Waals surface area contributed by atoms with Crippen LogP contribution in [-0.2, 0) is 20.7 Å². The fraction of sp³-hybridized carbons (Fsp3) is 0.344. The molecule has 2 amide bonds. The predicted octanol–water partition coefficient (Wildman–Crippen LogP) is 4.34. The molecule has 4 heterocycles. The number of carboxylic acid groups (broad SMARTS) is 1. The number of benzene rings is 2. The lowest BCUT2D eigenvalue weighted by Gasteiger charge is -2.38. The molecule has 0 radical (unpaired) electrons. The summed E-state index contributed by atoms with van der Waals surface area (Å²) in [6, 6.07) is 10.4. The number of anilines is 1. The summed E-state index contributed by atoms with van der Waals surface area (Å²) in [6.07, 6.45) is 2.07. The summed E-state index contributed by atoms with van der Waals surface area (Å²) >= 11 is 7.86. The largest absolute Gasteiger partial charge is 0.481 e. The Kier molecular flexibility index (Phi) is 9.07. The van der Waals surface area contributed by atoms with Crippen molar-refractivity contribution in [2.75, 3.05) is 44.7 Å². The van der Waals surface area contributed by atoms with Gasteiger partial charge in [-0.15, -0.1) is 11.3 Å². The summed E-state index contributed by atoms with van der Waals surface area (Å²) in [4.78, 5) is 52.9. The van der Waals surface area contributed by atoms with Gasteiger partial charge in [0.25, 0.3) is 0 Å². The minimum atomic E-state index is -0.859. The molecule has 2 fully saturated rings. The summed E-state index contributed by atoms with van der Waals surface area (Å²) in [7, 11) is 1.30. The number of methoxy groups -OCH3 is 1. The Labute approximate surface area is 273 Å². The summed E-state index contributed by atoms with van der Waals surface area (Å²) < 4.78 is 19.2. The standard InChI is InChI=1S/C32H32ClFN6O5S/c1-18(30(41)42)13-19-3-6-21(7-4-19)40-16-22-15-38(10-11-39(22)32(40)44)17-25-26(31(43)45-2)27(23-8-5-20(34)14-24(23)33)37-28(36-25)29-35-9-12-46-29/h3-9,12,14,18,22,27H,10-11,13,15-17H2,1-2H3,(H,36,37)(H,41,42)/t18-,22-,27-/m0/s1. The first-order valence-electron chi connectivity index (χ1n) is 14.8. The first-order valence-corrected chi connectivity index (χ1v) is 16.0. The summed E-state index contributed by atoms with van der Waals surface area (Å²) in [5.74, 6) is -1.97. The maximum Gasteiger partial charge on any atom is 0.338 e. The SMILES string of the molecule is COC(=O)C1=C(CN2CCN3C(=O)N(c4ccc(C[C@H](C)C(=O)O)cc4)C[C@@H]3C2)NC(c2nccs2)=N[C@H]1c1ccc(F)cc1Cl. The van der Waals surface area contributed by atoms with Crippen molar-refractivity contribution < 1.29 is 28.6 Å². The number of hydrogen-bond acceptors (Lipinski definition) is 9. The molecule has 0 aliphatic carbocycles. The molecule has 6 rings (SSSR count). The Morgan fingerprint density at radius 3 is 2.65 bits per heavy atom. The molecular weight excluding hydrogens is 635 g/mol. The highest BCUT2D eigenvalue weighted by molar-refractivity contribution is 7.11. The number of amides is 2. The molecule has 14 heteroatoms. The molecule has 0 saturated carbocycles. The van der Waals surface area contributed by atoms with Crippen LogP contribution in [0.5, 0.6) is 0 Å². The van der Waals surface area contributed by atoms with E-state index in [4.69, 9.17) is 21.3 Å². The molecule has 3 aliphatic rings. The second kappa shape index (κ2) is 13.2. The molecule has 0 bridgehead atoms. The van der Waals surface area contributed by atoms with Crippen molar-refractivity contribution in [3.8, 4) is 0 Å². The van der Waals surface area contributed by atoms with Crippen LogP contribution in [0.2, 0.25) is 5.02 Å². The number of thiazole rings is 1. The average molecular weight is 667 g/mol. The number of esters is 1. The number of carbonyl (C=O) groups is 3. The van der Waals surface area contributed by atoms with Crippen LogP contribution < -0.4 is 10.2 Å². The number of aliphatic carboxylic acids is 1. The minimum absolute atomic E-state index is 0.0780. The van der Waals surface area contributed by atoms with Crippen LogP contribution in [0, 0.1) is 11.7 Å². The van der Waals surface area contributed by atoms with Crippen LogP contribution in [0.3, 0.4) is 0 Å². The van der Waals surface area contributed by atoms with Gasteiger partial charge in [0.15, 0.2) is 10.8 Å². The number of nitrogens with one attached hydrogen (secondary N) is 1. The third-order valence-corrected chi connectivity index (χ3v) is 9.56. The van der Waals surface area contributed by atoms with E-state index < -0.39 is 29.7 Å². The lowest BCUT2D eigenvalue weighted by atomic mass is 9.95. The molecule has 1 aromatic heterocycles. The minimum Gasteiger partial charge on any atom is -0.481 e. The van der Waals surface area contributed by atoms with Crippen LogP contribution in [0.15, 0.2) is 70.3 Å². The maximum absolute atomic E-state index is 14.0. The van der Waals surface area contributed by atoms with E-state index in [1.165, 1.54) is 36.6 Å².